The van der Waals surface area contributed by atoms with Gasteiger partial charge in [0.1, 0.15) is 5.65 Å². The van der Waals surface area contributed by atoms with Crippen LogP contribution in [-0.4, -0.2) is 33.5 Å². The normalized spacial score (nSPS) is 17.6. The summed E-state index contributed by atoms with van der Waals surface area (Å²) in [6, 6.07) is 19.0. The summed E-state index contributed by atoms with van der Waals surface area (Å²) in [4.78, 5) is 23.3. The topological polar surface area (TPSA) is 69.0 Å². The Morgan fingerprint density at radius 1 is 1.05 bits per heavy atom. The molecule has 2 aromatic heterocycles. The van der Waals surface area contributed by atoms with E-state index in [4.69, 9.17) is 9.72 Å². The van der Waals surface area contributed by atoms with Crippen LogP contribution in [0.1, 0.15) is 79.4 Å². The number of pyridine rings is 1. The molecule has 0 saturated carbocycles. The van der Waals surface area contributed by atoms with E-state index in [1.165, 1.54) is 36.1 Å². The van der Waals surface area contributed by atoms with E-state index in [9.17, 15) is 4.79 Å². The Morgan fingerprint density at radius 3 is 2.64 bits per heavy atom. The van der Waals surface area contributed by atoms with Gasteiger partial charge in [-0.05, 0) is 72.2 Å². The fourth-order valence-corrected chi connectivity index (χ4v) is 7.09. The van der Waals surface area contributed by atoms with Crippen molar-refractivity contribution in [3.8, 4) is 11.8 Å². The lowest BCUT2D eigenvalue weighted by molar-refractivity contribution is 0.0853. The van der Waals surface area contributed by atoms with Crippen LogP contribution in [0.2, 0.25) is 0 Å². The van der Waals surface area contributed by atoms with Crippen molar-refractivity contribution >= 4 is 34.4 Å². The number of hydrogen-bond acceptors (Lipinski definition) is 6. The maximum atomic E-state index is 13.8. The van der Waals surface area contributed by atoms with Crippen molar-refractivity contribution in [1.29, 1.82) is 0 Å². The molecule has 1 unspecified atom stereocenters. The van der Waals surface area contributed by atoms with Gasteiger partial charge >= 0.3 is 0 Å². The Kier molecular flexibility index (Phi) is 8.92. The van der Waals surface area contributed by atoms with E-state index in [0.717, 1.165) is 42.7 Å². The van der Waals surface area contributed by atoms with Gasteiger partial charge in [0.2, 0.25) is 5.95 Å². The second-order valence-electron chi connectivity index (χ2n) is 11.6. The minimum Gasteiger partial charge on any atom is -0.381 e. The molecule has 2 saturated heterocycles. The molecule has 42 heavy (non-hydrogen) atoms. The zero-order valence-corrected chi connectivity index (χ0v) is 25.3. The standard InChI is InChI=1S/C35H38N4O2S/c1-24(2)9-10-29-21-30-22-36-35(37-31-13-11-27(12-14-31)32-8-3-4-19-42-32)38-33(30)39(34(29)40)23-25-6-5-7-28(20-25)26-15-17-41-18-16-26/h5-7,11-14,20-22,24,26,32H,3-4,8,15-19,23H2,1-2H3,(H,36,37,38). The zero-order chi connectivity index (χ0) is 28.9. The lowest BCUT2D eigenvalue weighted by Crippen LogP contribution is -2.25. The number of rotatable bonds is 6. The van der Waals surface area contributed by atoms with Gasteiger partial charge in [-0.25, -0.2) is 4.98 Å². The quantitative estimate of drug-likeness (QED) is 0.240. The van der Waals surface area contributed by atoms with Gasteiger partial charge < -0.3 is 10.1 Å². The van der Waals surface area contributed by atoms with Gasteiger partial charge in [0.05, 0.1) is 12.1 Å². The van der Waals surface area contributed by atoms with Crippen LogP contribution < -0.4 is 10.9 Å². The second-order valence-corrected chi connectivity index (χ2v) is 12.9. The number of nitrogens with one attached hydrogen (secondary N) is 1. The van der Waals surface area contributed by atoms with Gasteiger partial charge in [0, 0.05) is 41.7 Å². The van der Waals surface area contributed by atoms with Gasteiger partial charge in [0.25, 0.3) is 5.56 Å². The lowest BCUT2D eigenvalue weighted by atomic mass is 9.91. The second kappa shape index (κ2) is 13.1. The number of nitrogens with zero attached hydrogens (tertiary/aromatic N) is 3. The van der Waals surface area contributed by atoms with Crippen LogP contribution in [-0.2, 0) is 11.3 Å². The molecule has 2 aliphatic rings. The lowest BCUT2D eigenvalue weighted by Gasteiger charge is -2.23. The molecule has 0 radical (unpaired) electrons. The maximum absolute atomic E-state index is 13.8. The van der Waals surface area contributed by atoms with Crippen LogP contribution in [0.3, 0.4) is 0 Å². The molecule has 1 atom stereocenters. The Hall–Kier alpha value is -3.60. The van der Waals surface area contributed by atoms with Crippen LogP contribution >= 0.6 is 11.8 Å². The van der Waals surface area contributed by atoms with Gasteiger partial charge in [-0.1, -0.05) is 68.5 Å². The summed E-state index contributed by atoms with van der Waals surface area (Å²) in [5, 5.41) is 4.73. The van der Waals surface area contributed by atoms with Crippen LogP contribution in [0.4, 0.5) is 11.6 Å². The number of ether oxygens (including phenoxy) is 1. The molecule has 0 aliphatic carbocycles. The molecule has 0 amide bonds. The summed E-state index contributed by atoms with van der Waals surface area (Å²) in [5.41, 5.74) is 5.60. The van der Waals surface area contributed by atoms with Crippen molar-refractivity contribution in [1.82, 2.24) is 14.5 Å². The highest BCUT2D eigenvalue weighted by atomic mass is 32.2. The molecule has 2 aliphatic heterocycles. The third kappa shape index (κ3) is 6.72. The summed E-state index contributed by atoms with van der Waals surface area (Å²) in [7, 11) is 0. The van der Waals surface area contributed by atoms with Crippen LogP contribution in [0, 0.1) is 17.8 Å². The SMILES string of the molecule is CC(C)C#Cc1cc2cnc(Nc3ccc(C4CCCCS4)cc3)nc2n(Cc2cccc(C3CCOCC3)c2)c1=O. The van der Waals surface area contributed by atoms with Gasteiger partial charge in [-0.3, -0.25) is 9.36 Å². The first-order chi connectivity index (χ1) is 20.5. The van der Waals surface area contributed by atoms with Gasteiger partial charge in [0.15, 0.2) is 0 Å². The number of aromatic nitrogens is 3. The predicted molar refractivity (Wildman–Crippen MR) is 173 cm³/mol. The molecule has 2 aromatic carbocycles. The Bertz CT molecular complexity index is 1660. The average molecular weight is 579 g/mol. The molecule has 0 spiro atoms. The zero-order valence-electron chi connectivity index (χ0n) is 24.4. The average Bonchev–Trinajstić information content (AvgIpc) is 3.03. The van der Waals surface area contributed by atoms with Gasteiger partial charge in [-0.15, -0.1) is 0 Å². The monoisotopic (exact) mass is 578 g/mol. The third-order valence-corrected chi connectivity index (χ3v) is 9.46. The van der Waals surface area contributed by atoms with Crippen LogP contribution in [0.5, 0.6) is 0 Å². The fourth-order valence-electron chi connectivity index (χ4n) is 5.75. The first-order valence-electron chi connectivity index (χ1n) is 15.1. The van der Waals surface area contributed by atoms with E-state index in [1.54, 1.807) is 10.8 Å². The highest BCUT2D eigenvalue weighted by molar-refractivity contribution is 7.99. The first kappa shape index (κ1) is 28.5. The van der Waals surface area contributed by atoms with E-state index in [1.807, 2.05) is 19.9 Å². The summed E-state index contributed by atoms with van der Waals surface area (Å²) < 4.78 is 7.32. The summed E-state index contributed by atoms with van der Waals surface area (Å²) in [5.74, 6) is 8.61. The van der Waals surface area contributed by atoms with Crippen molar-refractivity contribution in [2.75, 3.05) is 24.3 Å². The largest absolute Gasteiger partial charge is 0.381 e. The van der Waals surface area contributed by atoms with Crippen molar-refractivity contribution in [2.24, 2.45) is 5.92 Å². The van der Waals surface area contributed by atoms with E-state index < -0.39 is 0 Å². The Morgan fingerprint density at radius 2 is 1.88 bits per heavy atom. The smallest absolute Gasteiger partial charge is 0.268 e. The van der Waals surface area contributed by atoms with Crippen LogP contribution in [0.25, 0.3) is 11.0 Å². The molecule has 4 heterocycles. The van der Waals surface area contributed by atoms with E-state index in [-0.39, 0.29) is 11.5 Å². The molecule has 7 heteroatoms. The van der Waals surface area contributed by atoms with Crippen molar-refractivity contribution < 1.29 is 4.74 Å². The fraction of sp³-hybridized carbons (Fsp3) is 0.400. The molecule has 2 fully saturated rings. The molecule has 216 valence electrons. The number of hydrogen-bond donors (Lipinski definition) is 1. The Labute approximate surface area is 252 Å². The minimum atomic E-state index is -0.133. The number of anilines is 2. The number of fused-ring (bicyclic) bond motifs is 1. The first-order valence-corrected chi connectivity index (χ1v) is 16.2. The molecule has 6 rings (SSSR count). The number of thioether (sulfide) groups is 1. The van der Waals surface area contributed by atoms with E-state index in [0.29, 0.717) is 34.9 Å². The molecule has 4 aromatic rings. The van der Waals surface area contributed by atoms with Crippen molar-refractivity contribution in [2.45, 2.75) is 63.7 Å². The van der Waals surface area contributed by atoms with E-state index >= 15 is 0 Å². The summed E-state index contributed by atoms with van der Waals surface area (Å²) in [6.07, 6.45) is 7.69. The minimum absolute atomic E-state index is 0.133. The molecule has 0 bridgehead atoms. The van der Waals surface area contributed by atoms with E-state index in [2.05, 4.69) is 82.4 Å². The predicted octanol–water partition coefficient (Wildman–Crippen LogP) is 7.44. The molecule has 6 nitrogen and oxygen atoms in total. The maximum Gasteiger partial charge on any atom is 0.268 e. The summed E-state index contributed by atoms with van der Waals surface area (Å²) in [6.45, 7) is 6.05. The summed E-state index contributed by atoms with van der Waals surface area (Å²) >= 11 is 2.05. The van der Waals surface area contributed by atoms with Gasteiger partial charge in [-0.2, -0.15) is 16.7 Å². The molecular formula is C35H38N4O2S. The molecular weight excluding hydrogens is 540 g/mol. The number of benzene rings is 2. The third-order valence-electron chi connectivity index (χ3n) is 8.03. The highest BCUT2D eigenvalue weighted by Gasteiger charge is 2.18. The van der Waals surface area contributed by atoms with Crippen molar-refractivity contribution in [3.05, 3.63) is 93.4 Å². The Balaban J connectivity index is 1.33. The highest BCUT2D eigenvalue weighted by Crippen LogP contribution is 2.38. The van der Waals surface area contributed by atoms with Crippen molar-refractivity contribution in [3.63, 3.8) is 0 Å². The van der Waals surface area contributed by atoms with Crippen LogP contribution in [0.15, 0.2) is 65.6 Å². The molecule has 1 N–H and O–H groups in total.